The van der Waals surface area contributed by atoms with Crippen molar-refractivity contribution < 1.29 is 38.9 Å². The number of thioether (sulfide) groups is 1. The van der Waals surface area contributed by atoms with E-state index in [9.17, 15) is 29.3 Å². The van der Waals surface area contributed by atoms with Crippen molar-refractivity contribution in [1.82, 2.24) is 5.32 Å². The SMILES string of the molecule is CC(=O)N[C@@H](CSCC(=O)C(=O)OCC(C)(C)CO[N+](=O)[O-])C(=O)O. The number of hydrogen-bond donors (Lipinski definition) is 2. The van der Waals surface area contributed by atoms with E-state index in [1.807, 2.05) is 0 Å². The van der Waals surface area contributed by atoms with Gasteiger partial charge in [0.1, 0.15) is 12.6 Å². The number of amides is 1. The summed E-state index contributed by atoms with van der Waals surface area (Å²) in [5.74, 6) is -4.23. The third-order valence-electron chi connectivity index (χ3n) is 2.58. The predicted octanol–water partition coefficient (Wildman–Crippen LogP) is -0.344. The molecule has 0 rings (SSSR count). The van der Waals surface area contributed by atoms with Gasteiger partial charge in [0.25, 0.3) is 5.09 Å². The molecule has 11 nitrogen and oxygen atoms in total. The van der Waals surface area contributed by atoms with Gasteiger partial charge >= 0.3 is 11.9 Å². The van der Waals surface area contributed by atoms with Crippen molar-refractivity contribution in [2.75, 3.05) is 24.7 Å². The first-order valence-corrected chi connectivity index (χ1v) is 8.15. The van der Waals surface area contributed by atoms with Gasteiger partial charge in [-0.2, -0.15) is 11.8 Å². The molecule has 0 spiro atoms. The smallest absolute Gasteiger partial charge is 0.375 e. The molecule has 0 saturated heterocycles. The average molecular weight is 380 g/mol. The number of hydrogen-bond acceptors (Lipinski definition) is 9. The van der Waals surface area contributed by atoms with Crippen LogP contribution in [0.15, 0.2) is 0 Å². The second-order valence-corrected chi connectivity index (χ2v) is 6.80. The summed E-state index contributed by atoms with van der Waals surface area (Å²) in [6.07, 6.45) is 0. The van der Waals surface area contributed by atoms with Crippen molar-refractivity contribution >= 4 is 35.4 Å². The van der Waals surface area contributed by atoms with Gasteiger partial charge in [-0.05, 0) is 0 Å². The van der Waals surface area contributed by atoms with Crippen molar-refractivity contribution in [3.63, 3.8) is 0 Å². The van der Waals surface area contributed by atoms with Gasteiger partial charge < -0.3 is 20.0 Å². The third-order valence-corrected chi connectivity index (χ3v) is 3.61. The molecule has 0 heterocycles. The van der Waals surface area contributed by atoms with Gasteiger partial charge in [0.2, 0.25) is 11.7 Å². The lowest BCUT2D eigenvalue weighted by molar-refractivity contribution is -0.760. The van der Waals surface area contributed by atoms with Crippen molar-refractivity contribution in [1.29, 1.82) is 0 Å². The predicted molar refractivity (Wildman–Crippen MR) is 85.3 cm³/mol. The van der Waals surface area contributed by atoms with Crippen molar-refractivity contribution in [3.8, 4) is 0 Å². The van der Waals surface area contributed by atoms with Crippen molar-refractivity contribution in [2.45, 2.75) is 26.8 Å². The molecule has 2 N–H and O–H groups in total. The monoisotopic (exact) mass is 380 g/mol. The Balaban J connectivity index is 4.25. The van der Waals surface area contributed by atoms with Crippen LogP contribution in [0.3, 0.4) is 0 Å². The van der Waals surface area contributed by atoms with Gasteiger partial charge in [0.05, 0.1) is 12.4 Å². The first kappa shape index (κ1) is 22.6. The van der Waals surface area contributed by atoms with Gasteiger partial charge in [-0.15, -0.1) is 10.1 Å². The second-order valence-electron chi connectivity index (χ2n) is 5.77. The van der Waals surface area contributed by atoms with Gasteiger partial charge in [-0.3, -0.25) is 9.59 Å². The van der Waals surface area contributed by atoms with Crippen LogP contribution in [-0.4, -0.2) is 64.6 Å². The van der Waals surface area contributed by atoms with E-state index in [2.05, 4.69) is 10.2 Å². The van der Waals surface area contributed by atoms with Crippen LogP contribution < -0.4 is 5.32 Å². The topological polar surface area (TPSA) is 162 Å². The number of rotatable bonds is 12. The van der Waals surface area contributed by atoms with Crippen LogP contribution in [0.25, 0.3) is 0 Å². The molecule has 12 heteroatoms. The zero-order chi connectivity index (χ0) is 19.6. The Kier molecular flexibility index (Phi) is 9.49. The fourth-order valence-electron chi connectivity index (χ4n) is 1.36. The first-order valence-electron chi connectivity index (χ1n) is 6.99. The molecule has 142 valence electrons. The molecular formula is C13H20N2O9S. The maximum Gasteiger partial charge on any atom is 0.375 e. The minimum Gasteiger partial charge on any atom is -0.480 e. The zero-order valence-corrected chi connectivity index (χ0v) is 14.8. The molecule has 1 amide bonds. The molecule has 0 aliphatic heterocycles. The average Bonchev–Trinajstić information content (AvgIpc) is 2.49. The number of carboxylic acid groups (broad SMARTS) is 1. The molecule has 0 fully saturated rings. The number of aliphatic carboxylic acids is 1. The summed E-state index contributed by atoms with van der Waals surface area (Å²) in [5, 5.41) is 20.2. The van der Waals surface area contributed by atoms with E-state index in [4.69, 9.17) is 9.84 Å². The molecule has 0 radical (unpaired) electrons. The summed E-state index contributed by atoms with van der Waals surface area (Å²) in [4.78, 5) is 59.3. The largest absolute Gasteiger partial charge is 0.480 e. The lowest BCUT2D eigenvalue weighted by Gasteiger charge is -2.22. The summed E-state index contributed by atoms with van der Waals surface area (Å²) in [5.41, 5.74) is -0.865. The van der Waals surface area contributed by atoms with Gasteiger partial charge in [-0.1, -0.05) is 13.8 Å². The highest BCUT2D eigenvalue weighted by atomic mass is 32.2. The van der Waals surface area contributed by atoms with E-state index in [1.54, 1.807) is 13.8 Å². The lowest BCUT2D eigenvalue weighted by atomic mass is 9.96. The molecule has 0 aromatic heterocycles. The number of esters is 1. The number of carbonyl (C=O) groups excluding carboxylic acids is 3. The van der Waals surface area contributed by atoms with E-state index in [0.29, 0.717) is 0 Å². The maximum atomic E-state index is 11.6. The van der Waals surface area contributed by atoms with Gasteiger partial charge in [0, 0.05) is 18.1 Å². The Bertz CT molecular complexity index is 536. The summed E-state index contributed by atoms with van der Waals surface area (Å²) in [6.45, 7) is 3.68. The molecule has 0 aromatic carbocycles. The van der Waals surface area contributed by atoms with E-state index in [0.717, 1.165) is 18.7 Å². The molecule has 0 unspecified atom stereocenters. The Hall–Kier alpha value is -2.37. The zero-order valence-electron chi connectivity index (χ0n) is 14.0. The first-order chi connectivity index (χ1) is 11.4. The molecule has 0 aliphatic carbocycles. The van der Waals surface area contributed by atoms with Crippen LogP contribution in [0.5, 0.6) is 0 Å². The molecule has 0 aromatic rings. The van der Waals surface area contributed by atoms with Gasteiger partial charge in [0.15, 0.2) is 0 Å². The highest BCUT2D eigenvalue weighted by Gasteiger charge is 2.25. The fraction of sp³-hybridized carbons (Fsp3) is 0.692. The molecule has 1 atom stereocenters. The molecule has 0 saturated carbocycles. The number of nitrogens with zero attached hydrogens (tertiary/aromatic N) is 1. The second kappa shape index (κ2) is 10.5. The minimum absolute atomic E-state index is 0.101. The normalized spacial score (nSPS) is 12.0. The molecule has 0 aliphatic rings. The summed E-state index contributed by atoms with van der Waals surface area (Å²) in [6, 6.07) is -1.18. The van der Waals surface area contributed by atoms with Crippen LogP contribution in [-0.2, 0) is 28.8 Å². The van der Waals surface area contributed by atoms with Crippen LogP contribution in [0.2, 0.25) is 0 Å². The number of ketones is 1. The van der Waals surface area contributed by atoms with E-state index < -0.39 is 40.2 Å². The number of ether oxygens (including phenoxy) is 1. The van der Waals surface area contributed by atoms with E-state index in [1.165, 1.54) is 0 Å². The minimum atomic E-state index is -1.26. The maximum absolute atomic E-state index is 11.6. The molecule has 25 heavy (non-hydrogen) atoms. The third kappa shape index (κ3) is 10.9. The lowest BCUT2D eigenvalue weighted by Crippen LogP contribution is -2.41. The number of nitrogens with one attached hydrogen (secondary N) is 1. The Morgan fingerprint density at radius 1 is 1.28 bits per heavy atom. The Morgan fingerprint density at radius 2 is 1.88 bits per heavy atom. The van der Waals surface area contributed by atoms with E-state index in [-0.39, 0.29) is 24.7 Å². The van der Waals surface area contributed by atoms with Crippen molar-refractivity contribution in [3.05, 3.63) is 10.1 Å². The van der Waals surface area contributed by atoms with E-state index >= 15 is 0 Å². The fourth-order valence-corrected chi connectivity index (χ4v) is 2.24. The molecule has 0 bridgehead atoms. The standard InChI is InChI=1S/C13H20N2O9S/c1-8(16)14-9(11(18)19)4-25-5-10(17)12(20)23-6-13(2,3)7-24-15(21)22/h9H,4-7H2,1-3H3,(H,14,16)(H,18,19)/t9-/m0/s1. The van der Waals surface area contributed by atoms with Gasteiger partial charge in [-0.25, -0.2) is 9.59 Å². The van der Waals surface area contributed by atoms with Crippen LogP contribution in [0.1, 0.15) is 20.8 Å². The number of carbonyl (C=O) groups is 4. The quantitative estimate of drug-likeness (QED) is 0.198. The number of carboxylic acids is 1. The van der Waals surface area contributed by atoms with Crippen molar-refractivity contribution in [2.24, 2.45) is 5.41 Å². The van der Waals surface area contributed by atoms with Crippen LogP contribution >= 0.6 is 11.8 Å². The highest BCUT2D eigenvalue weighted by Crippen LogP contribution is 2.16. The summed E-state index contributed by atoms with van der Waals surface area (Å²) >= 11 is 0.856. The Morgan fingerprint density at radius 3 is 2.36 bits per heavy atom. The number of Topliss-reactive ketones (excluding diaryl/α,β-unsaturated/α-hetero) is 1. The molecular weight excluding hydrogens is 360 g/mol. The summed E-state index contributed by atoms with van der Waals surface area (Å²) in [7, 11) is 0. The Labute approximate surface area is 147 Å². The highest BCUT2D eigenvalue weighted by molar-refractivity contribution is 8.00. The summed E-state index contributed by atoms with van der Waals surface area (Å²) < 4.78 is 4.78. The van der Waals surface area contributed by atoms with Crippen LogP contribution in [0.4, 0.5) is 0 Å². The van der Waals surface area contributed by atoms with Crippen LogP contribution in [0, 0.1) is 15.5 Å².